The second kappa shape index (κ2) is 18.0. The predicted octanol–water partition coefficient (Wildman–Crippen LogP) is 9.13. The number of anilines is 2. The molecule has 0 amide bonds. The molecule has 336 valence electrons. The van der Waals surface area contributed by atoms with Crippen molar-refractivity contribution in [1.29, 1.82) is 0 Å². The summed E-state index contributed by atoms with van der Waals surface area (Å²) in [7, 11) is 0. The molecule has 14 heteroatoms. The largest absolute Gasteiger partial charge is 0.355 e. The number of nitrogens with zero attached hydrogens (tertiary/aromatic N) is 10. The van der Waals surface area contributed by atoms with Gasteiger partial charge in [0.2, 0.25) is 0 Å². The first-order chi connectivity index (χ1) is 32.4. The number of aromatic nitrogens is 8. The molecule has 10 heterocycles. The van der Waals surface area contributed by atoms with Gasteiger partial charge in [0, 0.05) is 85.2 Å². The molecule has 66 heavy (non-hydrogen) atoms. The van der Waals surface area contributed by atoms with Gasteiger partial charge in [-0.25, -0.2) is 27.8 Å². The Kier molecular flexibility index (Phi) is 11.4. The molecule has 12 rings (SSSR count). The van der Waals surface area contributed by atoms with Crippen LogP contribution in [-0.4, -0.2) is 91.5 Å². The number of rotatable bonds is 6. The van der Waals surface area contributed by atoms with Crippen molar-refractivity contribution >= 4 is 22.9 Å². The van der Waals surface area contributed by atoms with Crippen LogP contribution >= 0.6 is 0 Å². The number of hydrogen-bond acceptors (Lipinski definition) is 10. The molecule has 4 aliphatic heterocycles. The van der Waals surface area contributed by atoms with Crippen molar-refractivity contribution in [3.05, 3.63) is 133 Å². The summed E-state index contributed by atoms with van der Waals surface area (Å²) in [5, 5.41) is 17.3. The molecule has 2 N–H and O–H groups in total. The minimum Gasteiger partial charge on any atom is -0.355 e. The highest BCUT2D eigenvalue weighted by molar-refractivity contribution is 5.83. The van der Waals surface area contributed by atoms with Crippen molar-refractivity contribution in [3.8, 4) is 45.0 Å². The predicted molar refractivity (Wildman–Crippen MR) is 255 cm³/mol. The van der Waals surface area contributed by atoms with Gasteiger partial charge >= 0.3 is 0 Å². The third-order valence-corrected chi connectivity index (χ3v) is 14.3. The van der Waals surface area contributed by atoms with Crippen LogP contribution in [-0.2, 0) is 0 Å². The van der Waals surface area contributed by atoms with Crippen LogP contribution in [0.2, 0.25) is 0 Å². The van der Waals surface area contributed by atoms with Crippen molar-refractivity contribution in [2.75, 3.05) is 62.2 Å². The Morgan fingerprint density at radius 2 is 0.924 bits per heavy atom. The number of hydrogen-bond donors (Lipinski definition) is 2. The van der Waals surface area contributed by atoms with Crippen LogP contribution in [0.1, 0.15) is 51.4 Å². The molecule has 12 nitrogen and oxygen atoms in total. The zero-order valence-electron chi connectivity index (χ0n) is 37.1. The number of piperidine rings is 4. The monoisotopic (exact) mass is 884 g/mol. The summed E-state index contributed by atoms with van der Waals surface area (Å²) in [6, 6.07) is 29.1. The van der Waals surface area contributed by atoms with Crippen molar-refractivity contribution in [2.45, 2.75) is 51.4 Å². The van der Waals surface area contributed by atoms with E-state index in [1.807, 2.05) is 45.4 Å². The summed E-state index contributed by atoms with van der Waals surface area (Å²) >= 11 is 0. The fourth-order valence-corrected chi connectivity index (χ4v) is 10.9. The van der Waals surface area contributed by atoms with Crippen LogP contribution in [0, 0.1) is 22.5 Å². The number of benzene rings is 2. The smallest absolute Gasteiger partial charge is 0.155 e. The second-order valence-electron chi connectivity index (χ2n) is 18.6. The summed E-state index contributed by atoms with van der Waals surface area (Å²) in [5.41, 5.74) is 9.34. The molecule has 1 atom stereocenters. The van der Waals surface area contributed by atoms with Crippen molar-refractivity contribution in [2.24, 2.45) is 10.8 Å². The van der Waals surface area contributed by atoms with E-state index in [9.17, 15) is 8.78 Å². The molecule has 4 fully saturated rings. The number of fused-ring (bicyclic) bond motifs is 2. The summed E-state index contributed by atoms with van der Waals surface area (Å²) in [5.74, 6) is 1.44. The minimum atomic E-state index is -0.260. The van der Waals surface area contributed by atoms with Gasteiger partial charge in [-0.1, -0.05) is 0 Å². The first-order valence-corrected chi connectivity index (χ1v) is 23.5. The van der Waals surface area contributed by atoms with E-state index in [1.165, 1.54) is 75.6 Å². The topological polar surface area (TPSA) is 117 Å². The van der Waals surface area contributed by atoms with Crippen molar-refractivity contribution in [1.82, 2.24) is 49.8 Å². The van der Waals surface area contributed by atoms with Crippen molar-refractivity contribution < 1.29 is 8.78 Å². The van der Waals surface area contributed by atoms with E-state index in [-0.39, 0.29) is 11.6 Å². The average molecular weight is 885 g/mol. The number of pyridine rings is 2. The van der Waals surface area contributed by atoms with E-state index in [0.717, 1.165) is 120 Å². The molecular formula is C52H54F2N12. The zero-order valence-corrected chi connectivity index (χ0v) is 37.1. The first-order valence-electron chi connectivity index (χ1n) is 23.5. The van der Waals surface area contributed by atoms with Gasteiger partial charge in [0.25, 0.3) is 0 Å². The number of halogens is 2. The maximum absolute atomic E-state index is 13.6. The van der Waals surface area contributed by atoms with Gasteiger partial charge in [-0.3, -0.25) is 9.97 Å². The van der Waals surface area contributed by atoms with Gasteiger partial charge < -0.3 is 20.4 Å². The van der Waals surface area contributed by atoms with Gasteiger partial charge in [-0.2, -0.15) is 0 Å². The van der Waals surface area contributed by atoms with Gasteiger partial charge in [0.05, 0.1) is 11.4 Å². The van der Waals surface area contributed by atoms with Gasteiger partial charge in [0.1, 0.15) is 34.7 Å². The van der Waals surface area contributed by atoms with E-state index < -0.39 is 0 Å². The highest BCUT2D eigenvalue weighted by Crippen LogP contribution is 2.41. The lowest BCUT2D eigenvalue weighted by molar-refractivity contribution is 0.166. The molecule has 8 aromatic rings. The lowest BCUT2D eigenvalue weighted by Crippen LogP contribution is -2.51. The SMILES string of the molecule is Fc1ccc(-c2nc3ccc(N4CCCC5(CCCNC5)C4)nn3c2-c2ccncc2)cc1.Fc1ccc(-c2nc3ccc(N4CCCC5(CCNCC5)C4)nn3c2-c2ccncc2)cc1. The Hall–Kier alpha value is -6.64. The summed E-state index contributed by atoms with van der Waals surface area (Å²) in [6.07, 6.45) is 17.0. The molecule has 2 spiro atoms. The lowest BCUT2D eigenvalue weighted by Gasteiger charge is -2.45. The normalized spacial score (nSPS) is 19.6. The van der Waals surface area contributed by atoms with E-state index in [2.05, 4.69) is 42.5 Å². The lowest BCUT2D eigenvalue weighted by atomic mass is 9.73. The summed E-state index contributed by atoms with van der Waals surface area (Å²) in [4.78, 5) is 23.0. The molecule has 4 saturated heterocycles. The Bertz CT molecular complexity index is 2710. The highest BCUT2D eigenvalue weighted by Gasteiger charge is 2.38. The second-order valence-corrected chi connectivity index (χ2v) is 18.6. The first kappa shape index (κ1) is 42.0. The van der Waals surface area contributed by atoms with Crippen molar-refractivity contribution in [3.63, 3.8) is 0 Å². The molecule has 1 unspecified atom stereocenters. The molecule has 2 aromatic carbocycles. The van der Waals surface area contributed by atoms with Crippen LogP contribution in [0.25, 0.3) is 56.3 Å². The zero-order chi connectivity index (χ0) is 44.5. The quantitative estimate of drug-likeness (QED) is 0.168. The molecule has 0 bridgehead atoms. The Balaban J connectivity index is 0.000000146. The maximum atomic E-state index is 13.6. The maximum Gasteiger partial charge on any atom is 0.155 e. The van der Waals surface area contributed by atoms with Crippen LogP contribution in [0.4, 0.5) is 20.4 Å². The van der Waals surface area contributed by atoms with E-state index in [1.54, 1.807) is 49.1 Å². The third kappa shape index (κ3) is 8.39. The molecule has 0 radical (unpaired) electrons. The van der Waals surface area contributed by atoms with Crippen LogP contribution in [0.5, 0.6) is 0 Å². The minimum absolute atomic E-state index is 0.259. The Morgan fingerprint density at radius 3 is 1.41 bits per heavy atom. The van der Waals surface area contributed by atoms with Gasteiger partial charge in [-0.15, -0.1) is 10.2 Å². The van der Waals surface area contributed by atoms with Crippen LogP contribution < -0.4 is 20.4 Å². The van der Waals surface area contributed by atoms with E-state index in [0.29, 0.717) is 10.8 Å². The van der Waals surface area contributed by atoms with Crippen LogP contribution in [0.15, 0.2) is 122 Å². The fourth-order valence-electron chi connectivity index (χ4n) is 10.9. The molecule has 4 aliphatic rings. The third-order valence-electron chi connectivity index (χ3n) is 14.3. The molecule has 0 saturated carbocycles. The average Bonchev–Trinajstić information content (AvgIpc) is 3.94. The molecular weight excluding hydrogens is 831 g/mol. The van der Waals surface area contributed by atoms with Gasteiger partial charge in [0.15, 0.2) is 11.3 Å². The van der Waals surface area contributed by atoms with E-state index in [4.69, 9.17) is 20.2 Å². The Labute approximate surface area is 383 Å². The van der Waals surface area contributed by atoms with Crippen LogP contribution in [0.3, 0.4) is 0 Å². The van der Waals surface area contributed by atoms with E-state index >= 15 is 0 Å². The number of imidazole rings is 2. The van der Waals surface area contributed by atoms with Gasteiger partial charge in [-0.05, 0) is 173 Å². The number of nitrogens with one attached hydrogen (secondary N) is 2. The highest BCUT2D eigenvalue weighted by atomic mass is 19.1. The fraction of sp³-hybridized carbons (Fsp3) is 0.346. The summed E-state index contributed by atoms with van der Waals surface area (Å²) in [6.45, 7) is 8.56. The summed E-state index contributed by atoms with van der Waals surface area (Å²) < 4.78 is 31.0. The molecule has 6 aromatic heterocycles. The molecule has 0 aliphatic carbocycles. The standard InChI is InChI=1S/2C26H27FN6/c27-21-5-3-19(4-6-21)24-25(20-9-14-28-15-10-20)33-22(30-24)7-8-23(31-33)32-16-2-12-26(18-32)11-1-13-29-17-26;27-21-4-2-19(3-5-21)24-25(20-8-13-28-14-9-20)33-22(30-24)6-7-23(31-33)32-17-1-10-26(18-32)11-15-29-16-12-26/h3-10,14-15,29H,1-2,11-13,16-18H2;2-9,13-14,29H,1,10-12,15-18H2. The Morgan fingerprint density at radius 1 is 0.455 bits per heavy atom.